The second-order valence-corrected chi connectivity index (χ2v) is 2.76. The van der Waals surface area contributed by atoms with E-state index in [1.54, 1.807) is 0 Å². The van der Waals surface area contributed by atoms with E-state index in [9.17, 15) is 13.6 Å². The molecule has 1 aliphatic rings. The third kappa shape index (κ3) is 1.91. The monoisotopic (exact) mass is 179 g/mol. The normalized spacial score (nSPS) is 29.3. The summed E-state index contributed by atoms with van der Waals surface area (Å²) >= 11 is 0. The lowest BCUT2D eigenvalue weighted by atomic mass is 10.2. The van der Waals surface area contributed by atoms with Gasteiger partial charge in [0.05, 0.1) is 13.2 Å². The van der Waals surface area contributed by atoms with Crippen molar-refractivity contribution >= 4 is 5.97 Å². The summed E-state index contributed by atoms with van der Waals surface area (Å²) < 4.78 is 28.5. The van der Waals surface area contributed by atoms with Gasteiger partial charge >= 0.3 is 5.97 Å². The first-order valence-corrected chi connectivity index (χ1v) is 3.77. The standard InChI is InChI=1S/C7H11F2NO2/c1-12-7(11)5-3-2-4(10-5)6(8)9/h4-6,10H,2-3H2,1H3. The van der Waals surface area contributed by atoms with E-state index in [1.165, 1.54) is 7.11 Å². The first-order chi connectivity index (χ1) is 5.65. The van der Waals surface area contributed by atoms with Crippen LogP contribution in [0.3, 0.4) is 0 Å². The maximum absolute atomic E-state index is 12.1. The molecule has 1 saturated heterocycles. The van der Waals surface area contributed by atoms with Crippen LogP contribution < -0.4 is 5.32 Å². The summed E-state index contributed by atoms with van der Waals surface area (Å²) in [6.45, 7) is 0. The van der Waals surface area contributed by atoms with Crippen molar-refractivity contribution in [3.05, 3.63) is 0 Å². The van der Waals surface area contributed by atoms with Gasteiger partial charge in [0.1, 0.15) is 6.04 Å². The van der Waals surface area contributed by atoms with Gasteiger partial charge < -0.3 is 4.74 Å². The molecule has 3 nitrogen and oxygen atoms in total. The molecule has 2 unspecified atom stereocenters. The second-order valence-electron chi connectivity index (χ2n) is 2.76. The number of carbonyl (C=O) groups excluding carboxylic acids is 1. The molecule has 1 fully saturated rings. The van der Waals surface area contributed by atoms with Gasteiger partial charge in [0.15, 0.2) is 0 Å². The Hall–Kier alpha value is -0.710. The molecule has 70 valence electrons. The zero-order valence-electron chi connectivity index (χ0n) is 6.72. The molecule has 0 aliphatic carbocycles. The summed E-state index contributed by atoms with van der Waals surface area (Å²) in [5.74, 6) is -0.460. The Morgan fingerprint density at radius 1 is 1.58 bits per heavy atom. The second kappa shape index (κ2) is 3.80. The summed E-state index contributed by atoms with van der Waals surface area (Å²) in [5, 5.41) is 2.52. The highest BCUT2D eigenvalue weighted by Gasteiger charge is 2.34. The molecule has 2 atom stereocenters. The fraction of sp³-hybridized carbons (Fsp3) is 0.857. The Balaban J connectivity index is 2.40. The molecule has 0 aromatic rings. The maximum atomic E-state index is 12.1. The van der Waals surface area contributed by atoms with Crippen LogP contribution in [-0.4, -0.2) is 31.6 Å². The van der Waals surface area contributed by atoms with E-state index in [4.69, 9.17) is 0 Å². The molecule has 1 heterocycles. The molecular formula is C7H11F2NO2. The molecular weight excluding hydrogens is 168 g/mol. The van der Waals surface area contributed by atoms with Crippen molar-refractivity contribution in [2.24, 2.45) is 0 Å². The lowest BCUT2D eigenvalue weighted by molar-refractivity contribution is -0.142. The smallest absolute Gasteiger partial charge is 0.322 e. The van der Waals surface area contributed by atoms with Gasteiger partial charge in [-0.1, -0.05) is 0 Å². The molecule has 0 aromatic heterocycles. The predicted octanol–water partition coefficient (Wildman–Crippen LogP) is 0.545. The average molecular weight is 179 g/mol. The predicted molar refractivity (Wildman–Crippen MR) is 38.0 cm³/mol. The van der Waals surface area contributed by atoms with E-state index in [0.29, 0.717) is 12.8 Å². The first-order valence-electron chi connectivity index (χ1n) is 3.77. The largest absolute Gasteiger partial charge is 0.468 e. The molecule has 1 aliphatic heterocycles. The van der Waals surface area contributed by atoms with Gasteiger partial charge in [-0.25, -0.2) is 8.78 Å². The minimum absolute atomic E-state index is 0.331. The summed E-state index contributed by atoms with van der Waals surface area (Å²) in [5.41, 5.74) is 0. The van der Waals surface area contributed by atoms with Crippen molar-refractivity contribution in [2.75, 3.05) is 7.11 Å². The quantitative estimate of drug-likeness (QED) is 0.629. The Bertz CT molecular complexity index is 175. The van der Waals surface area contributed by atoms with Crippen LogP contribution in [0.15, 0.2) is 0 Å². The van der Waals surface area contributed by atoms with E-state index in [1.807, 2.05) is 0 Å². The highest BCUT2D eigenvalue weighted by molar-refractivity contribution is 5.76. The van der Waals surface area contributed by atoms with Gasteiger partial charge in [-0.3, -0.25) is 10.1 Å². The van der Waals surface area contributed by atoms with Crippen LogP contribution in [0.2, 0.25) is 0 Å². The first kappa shape index (κ1) is 9.38. The number of alkyl halides is 2. The molecule has 0 amide bonds. The van der Waals surface area contributed by atoms with Crippen LogP contribution >= 0.6 is 0 Å². The SMILES string of the molecule is COC(=O)C1CCC(C(F)F)N1. The Kier molecular flexibility index (Phi) is 2.97. The number of halogens is 2. The van der Waals surface area contributed by atoms with Crippen LogP contribution in [0.5, 0.6) is 0 Å². The van der Waals surface area contributed by atoms with Crippen LogP contribution in [0.4, 0.5) is 8.78 Å². The van der Waals surface area contributed by atoms with E-state index in [2.05, 4.69) is 10.1 Å². The molecule has 5 heteroatoms. The van der Waals surface area contributed by atoms with Gasteiger partial charge in [-0.05, 0) is 12.8 Å². The highest BCUT2D eigenvalue weighted by Crippen LogP contribution is 2.18. The summed E-state index contributed by atoms with van der Waals surface area (Å²) in [6, 6.07) is -1.40. The zero-order valence-corrected chi connectivity index (χ0v) is 6.72. The van der Waals surface area contributed by atoms with Crippen molar-refractivity contribution in [1.29, 1.82) is 0 Å². The molecule has 1 rings (SSSR count). The number of hydrogen-bond acceptors (Lipinski definition) is 3. The zero-order chi connectivity index (χ0) is 9.14. The van der Waals surface area contributed by atoms with Crippen molar-refractivity contribution in [3.63, 3.8) is 0 Å². The van der Waals surface area contributed by atoms with E-state index in [0.717, 1.165) is 0 Å². The highest BCUT2D eigenvalue weighted by atomic mass is 19.3. The Labute approximate surface area is 69.1 Å². The van der Waals surface area contributed by atoms with Gasteiger partial charge in [0.2, 0.25) is 0 Å². The van der Waals surface area contributed by atoms with Gasteiger partial charge in [-0.15, -0.1) is 0 Å². The number of methoxy groups -OCH3 is 1. The van der Waals surface area contributed by atoms with Crippen molar-refractivity contribution in [1.82, 2.24) is 5.32 Å². The fourth-order valence-electron chi connectivity index (χ4n) is 1.30. The van der Waals surface area contributed by atoms with Crippen LogP contribution in [0.25, 0.3) is 0 Å². The van der Waals surface area contributed by atoms with Crippen LogP contribution in [0, 0.1) is 0 Å². The van der Waals surface area contributed by atoms with Crippen LogP contribution in [-0.2, 0) is 9.53 Å². The molecule has 0 aromatic carbocycles. The van der Waals surface area contributed by atoms with Gasteiger partial charge in [0.25, 0.3) is 6.43 Å². The topological polar surface area (TPSA) is 38.3 Å². The third-order valence-corrected chi connectivity index (χ3v) is 1.97. The van der Waals surface area contributed by atoms with Crippen LogP contribution in [0.1, 0.15) is 12.8 Å². The summed E-state index contributed by atoms with van der Waals surface area (Å²) in [4.78, 5) is 10.9. The third-order valence-electron chi connectivity index (χ3n) is 1.97. The Morgan fingerprint density at radius 2 is 2.25 bits per heavy atom. The minimum Gasteiger partial charge on any atom is -0.468 e. The fourth-order valence-corrected chi connectivity index (χ4v) is 1.30. The van der Waals surface area contributed by atoms with E-state index >= 15 is 0 Å². The van der Waals surface area contributed by atoms with E-state index in [-0.39, 0.29) is 0 Å². The number of rotatable bonds is 2. The van der Waals surface area contributed by atoms with Crippen molar-refractivity contribution in [2.45, 2.75) is 31.4 Å². The minimum atomic E-state index is -2.40. The summed E-state index contributed by atoms with van der Waals surface area (Å²) in [6.07, 6.45) is -1.64. The number of nitrogens with one attached hydrogen (secondary N) is 1. The van der Waals surface area contributed by atoms with Gasteiger partial charge in [0, 0.05) is 0 Å². The lowest BCUT2D eigenvalue weighted by Crippen LogP contribution is -2.39. The summed E-state index contributed by atoms with van der Waals surface area (Å²) in [7, 11) is 1.25. The molecule has 0 radical (unpaired) electrons. The maximum Gasteiger partial charge on any atom is 0.322 e. The van der Waals surface area contributed by atoms with Crippen molar-refractivity contribution in [3.8, 4) is 0 Å². The average Bonchev–Trinajstić information content (AvgIpc) is 2.51. The molecule has 0 spiro atoms. The van der Waals surface area contributed by atoms with E-state index < -0.39 is 24.5 Å². The molecule has 12 heavy (non-hydrogen) atoms. The van der Waals surface area contributed by atoms with Crippen molar-refractivity contribution < 1.29 is 18.3 Å². The number of esters is 1. The van der Waals surface area contributed by atoms with Gasteiger partial charge in [-0.2, -0.15) is 0 Å². The molecule has 0 bridgehead atoms. The molecule has 0 saturated carbocycles. The Morgan fingerprint density at radius 3 is 2.67 bits per heavy atom. The lowest BCUT2D eigenvalue weighted by Gasteiger charge is -2.11. The number of ether oxygens (including phenoxy) is 1. The number of carbonyl (C=O) groups is 1. The number of hydrogen-bond donors (Lipinski definition) is 1. The molecule has 1 N–H and O–H groups in total.